The first-order valence-corrected chi connectivity index (χ1v) is 10.9. The maximum Gasteiger partial charge on any atom is 0.193 e. The van der Waals surface area contributed by atoms with Crippen LogP contribution >= 0.6 is 0 Å². The van der Waals surface area contributed by atoms with E-state index in [-0.39, 0.29) is 0 Å². The summed E-state index contributed by atoms with van der Waals surface area (Å²) in [6, 6.07) is 15.2. The van der Waals surface area contributed by atoms with Crippen molar-refractivity contribution in [1.82, 2.24) is 10.2 Å². The van der Waals surface area contributed by atoms with Gasteiger partial charge in [-0.1, -0.05) is 42.5 Å². The molecule has 2 aromatic carbocycles. The molecule has 158 valence electrons. The van der Waals surface area contributed by atoms with Crippen molar-refractivity contribution >= 4 is 16.7 Å². The van der Waals surface area contributed by atoms with Crippen LogP contribution in [0, 0.1) is 0 Å². The van der Waals surface area contributed by atoms with E-state index in [9.17, 15) is 0 Å². The molecule has 1 aliphatic rings. The van der Waals surface area contributed by atoms with E-state index in [1.807, 2.05) is 0 Å². The van der Waals surface area contributed by atoms with Gasteiger partial charge in [0.25, 0.3) is 0 Å². The summed E-state index contributed by atoms with van der Waals surface area (Å²) < 4.78 is 11.1. The first kappa shape index (κ1) is 21.6. The molecule has 0 saturated carbocycles. The lowest BCUT2D eigenvalue weighted by Gasteiger charge is -2.34. The van der Waals surface area contributed by atoms with E-state index >= 15 is 0 Å². The van der Waals surface area contributed by atoms with Crippen LogP contribution < -0.4 is 5.32 Å². The van der Waals surface area contributed by atoms with Crippen LogP contribution in [0.3, 0.4) is 0 Å². The molecule has 0 atom stereocenters. The van der Waals surface area contributed by atoms with Gasteiger partial charge < -0.3 is 19.7 Å². The Balaban J connectivity index is 1.49. The number of guanidine groups is 1. The molecule has 1 N–H and O–H groups in total. The van der Waals surface area contributed by atoms with E-state index < -0.39 is 0 Å². The number of benzene rings is 2. The maximum atomic E-state index is 5.98. The van der Waals surface area contributed by atoms with Crippen molar-refractivity contribution in [2.24, 2.45) is 4.99 Å². The quantitative estimate of drug-likeness (QED) is 0.396. The second-order valence-electron chi connectivity index (χ2n) is 7.57. The van der Waals surface area contributed by atoms with Gasteiger partial charge in [0.2, 0.25) is 0 Å². The first-order valence-electron chi connectivity index (χ1n) is 10.9. The minimum absolute atomic E-state index is 0.364. The number of methoxy groups -OCH3 is 1. The van der Waals surface area contributed by atoms with E-state index in [2.05, 4.69) is 59.6 Å². The normalized spacial score (nSPS) is 15.8. The molecule has 1 saturated heterocycles. The molecule has 3 rings (SSSR count). The van der Waals surface area contributed by atoms with E-state index in [4.69, 9.17) is 14.5 Å². The molecule has 1 aliphatic heterocycles. The van der Waals surface area contributed by atoms with Crippen LogP contribution in [0.5, 0.6) is 0 Å². The molecule has 0 bridgehead atoms. The van der Waals surface area contributed by atoms with Gasteiger partial charge in [-0.3, -0.25) is 4.99 Å². The lowest BCUT2D eigenvalue weighted by Crippen LogP contribution is -2.47. The Hall–Kier alpha value is -2.11. The molecular formula is C24H35N3O2. The summed E-state index contributed by atoms with van der Waals surface area (Å²) in [6.07, 6.45) is 4.40. The summed E-state index contributed by atoms with van der Waals surface area (Å²) >= 11 is 0. The van der Waals surface area contributed by atoms with Gasteiger partial charge in [0.1, 0.15) is 0 Å². The van der Waals surface area contributed by atoms with Crippen molar-refractivity contribution in [3.05, 3.63) is 48.0 Å². The number of hydrogen-bond acceptors (Lipinski definition) is 3. The Bertz CT molecular complexity index is 770. The summed E-state index contributed by atoms with van der Waals surface area (Å²) in [6.45, 7) is 7.38. The number of aliphatic imine (C=N–C) groups is 1. The van der Waals surface area contributed by atoms with E-state index in [0.717, 1.165) is 71.0 Å². The number of fused-ring (bicyclic) bond motifs is 1. The standard InChI is InChI=1S/C24H35N3O2/c1-3-25-24(27-15-12-23(13-16-27)29-18-6-17-28-2)26-14-11-20-9-10-21-7-4-5-8-22(21)19-20/h4-5,7-10,19,23H,3,6,11-18H2,1-2H3,(H,25,26). The second kappa shape index (κ2) is 11.8. The average molecular weight is 398 g/mol. The predicted molar refractivity (Wildman–Crippen MR) is 121 cm³/mol. The van der Waals surface area contributed by atoms with Crippen LogP contribution in [0.25, 0.3) is 10.8 Å². The number of rotatable bonds is 9. The molecule has 0 radical (unpaired) electrons. The van der Waals surface area contributed by atoms with Crippen LogP contribution in [0.1, 0.15) is 31.7 Å². The number of piperidine rings is 1. The second-order valence-corrected chi connectivity index (χ2v) is 7.57. The monoisotopic (exact) mass is 397 g/mol. The van der Waals surface area contributed by atoms with E-state index in [1.165, 1.54) is 16.3 Å². The zero-order valence-electron chi connectivity index (χ0n) is 17.9. The van der Waals surface area contributed by atoms with Crippen LogP contribution in [-0.4, -0.2) is 63.5 Å². The summed E-state index contributed by atoms with van der Waals surface area (Å²) in [5, 5.41) is 6.05. The predicted octanol–water partition coefficient (Wildman–Crippen LogP) is 3.87. The average Bonchev–Trinajstić information content (AvgIpc) is 2.76. The Labute approximate surface area is 175 Å². The Morgan fingerprint density at radius 2 is 1.90 bits per heavy atom. The number of nitrogens with one attached hydrogen (secondary N) is 1. The largest absolute Gasteiger partial charge is 0.385 e. The van der Waals surface area contributed by atoms with Crippen molar-refractivity contribution in [2.45, 2.75) is 38.7 Å². The molecule has 5 heteroatoms. The zero-order valence-corrected chi connectivity index (χ0v) is 17.9. The number of hydrogen-bond donors (Lipinski definition) is 1. The van der Waals surface area contributed by atoms with Gasteiger partial charge in [-0.15, -0.1) is 0 Å². The molecule has 0 amide bonds. The van der Waals surface area contributed by atoms with E-state index in [1.54, 1.807) is 7.11 Å². The minimum atomic E-state index is 0.364. The van der Waals surface area contributed by atoms with Gasteiger partial charge in [-0.05, 0) is 48.9 Å². The Morgan fingerprint density at radius 3 is 2.66 bits per heavy atom. The highest BCUT2D eigenvalue weighted by Gasteiger charge is 2.21. The van der Waals surface area contributed by atoms with Crippen molar-refractivity contribution in [2.75, 3.05) is 46.5 Å². The number of likely N-dealkylation sites (tertiary alicyclic amines) is 1. The lowest BCUT2D eigenvalue weighted by molar-refractivity contribution is 0.00991. The molecule has 2 aromatic rings. The number of ether oxygens (including phenoxy) is 2. The number of nitrogens with zero attached hydrogens (tertiary/aromatic N) is 2. The van der Waals surface area contributed by atoms with Gasteiger partial charge in [0.15, 0.2) is 5.96 Å². The van der Waals surface area contributed by atoms with Crippen molar-refractivity contribution in [1.29, 1.82) is 0 Å². The highest BCUT2D eigenvalue weighted by atomic mass is 16.5. The molecule has 0 spiro atoms. The van der Waals surface area contributed by atoms with E-state index in [0.29, 0.717) is 6.10 Å². The Kier molecular flexibility index (Phi) is 8.78. The van der Waals surface area contributed by atoms with Crippen LogP contribution in [-0.2, 0) is 15.9 Å². The van der Waals surface area contributed by atoms with Crippen LogP contribution in [0.4, 0.5) is 0 Å². The third kappa shape index (κ3) is 6.72. The topological polar surface area (TPSA) is 46.1 Å². The van der Waals surface area contributed by atoms with Crippen LogP contribution in [0.2, 0.25) is 0 Å². The zero-order chi connectivity index (χ0) is 20.3. The highest BCUT2D eigenvalue weighted by Crippen LogP contribution is 2.17. The molecule has 29 heavy (non-hydrogen) atoms. The summed E-state index contributed by atoms with van der Waals surface area (Å²) in [4.78, 5) is 7.27. The molecular weight excluding hydrogens is 362 g/mol. The van der Waals surface area contributed by atoms with Crippen molar-refractivity contribution < 1.29 is 9.47 Å². The molecule has 0 aromatic heterocycles. The summed E-state index contributed by atoms with van der Waals surface area (Å²) in [5.74, 6) is 1.03. The Morgan fingerprint density at radius 1 is 1.10 bits per heavy atom. The molecule has 0 unspecified atom stereocenters. The lowest BCUT2D eigenvalue weighted by atomic mass is 10.1. The van der Waals surface area contributed by atoms with Gasteiger partial charge in [0.05, 0.1) is 6.10 Å². The minimum Gasteiger partial charge on any atom is -0.385 e. The molecule has 1 heterocycles. The summed E-state index contributed by atoms with van der Waals surface area (Å²) in [7, 11) is 1.74. The summed E-state index contributed by atoms with van der Waals surface area (Å²) in [5.41, 5.74) is 1.34. The van der Waals surface area contributed by atoms with Crippen molar-refractivity contribution in [3.8, 4) is 0 Å². The van der Waals surface area contributed by atoms with Gasteiger partial charge in [-0.25, -0.2) is 0 Å². The fraction of sp³-hybridized carbons (Fsp3) is 0.542. The molecule has 0 aliphatic carbocycles. The van der Waals surface area contributed by atoms with Gasteiger partial charge in [-0.2, -0.15) is 0 Å². The van der Waals surface area contributed by atoms with Gasteiger partial charge in [0, 0.05) is 46.5 Å². The molecule has 1 fully saturated rings. The smallest absolute Gasteiger partial charge is 0.193 e. The molecule has 5 nitrogen and oxygen atoms in total. The fourth-order valence-corrected chi connectivity index (χ4v) is 3.80. The third-order valence-corrected chi connectivity index (χ3v) is 5.40. The SMILES string of the molecule is CCNC(=NCCc1ccc2ccccc2c1)N1CCC(OCCCOC)CC1. The van der Waals surface area contributed by atoms with Crippen molar-refractivity contribution in [3.63, 3.8) is 0 Å². The van der Waals surface area contributed by atoms with Crippen LogP contribution in [0.15, 0.2) is 47.5 Å². The first-order chi connectivity index (χ1) is 14.3. The van der Waals surface area contributed by atoms with Gasteiger partial charge >= 0.3 is 0 Å². The highest BCUT2D eigenvalue weighted by molar-refractivity contribution is 5.83. The fourth-order valence-electron chi connectivity index (χ4n) is 3.80. The third-order valence-electron chi connectivity index (χ3n) is 5.40. The maximum absolute atomic E-state index is 5.98.